The van der Waals surface area contributed by atoms with Crippen molar-refractivity contribution in [3.8, 4) is 0 Å². The third-order valence-electron chi connectivity index (χ3n) is 3.38. The number of para-hydroxylation sites is 1. The molecule has 2 aromatic rings. The quantitative estimate of drug-likeness (QED) is 0.408. The van der Waals surface area contributed by atoms with Crippen LogP contribution in [-0.4, -0.2) is 12.8 Å². The molecule has 0 fully saturated rings. The predicted molar refractivity (Wildman–Crippen MR) is 93.3 cm³/mol. The van der Waals surface area contributed by atoms with Crippen LogP contribution >= 0.6 is 0 Å². The number of nitrogens with one attached hydrogen (secondary N) is 1. The van der Waals surface area contributed by atoms with Crippen molar-refractivity contribution in [2.75, 3.05) is 12.0 Å². The second-order valence-corrected chi connectivity index (χ2v) is 5.19. The molecule has 3 heteroatoms. The van der Waals surface area contributed by atoms with E-state index in [1.165, 1.54) is 12.8 Å². The number of unbranched alkanes of at least 4 members (excludes halogenated alkanes) is 2. The highest BCUT2D eigenvalue weighted by atomic mass is 16.5. The molecule has 0 aliphatic rings. The molecule has 0 aliphatic heterocycles. The summed E-state index contributed by atoms with van der Waals surface area (Å²) in [4.78, 5) is 0. The van der Waals surface area contributed by atoms with Crippen LogP contribution in [0.4, 0.5) is 5.69 Å². The summed E-state index contributed by atoms with van der Waals surface area (Å²) in [6, 6.07) is 18.1. The van der Waals surface area contributed by atoms with Gasteiger partial charge in [-0.15, -0.1) is 0 Å². The second-order valence-electron chi connectivity index (χ2n) is 5.19. The molecule has 0 heterocycles. The Labute approximate surface area is 133 Å². The number of rotatable bonds is 9. The molecule has 0 radical (unpaired) electrons. The van der Waals surface area contributed by atoms with Crippen LogP contribution < -0.4 is 5.43 Å². The molecule has 0 aliphatic carbocycles. The summed E-state index contributed by atoms with van der Waals surface area (Å²) < 4.78 is 5.74. The van der Waals surface area contributed by atoms with Gasteiger partial charge in [-0.2, -0.15) is 5.10 Å². The number of benzene rings is 2. The summed E-state index contributed by atoms with van der Waals surface area (Å²) in [7, 11) is 0. The number of hydrogen-bond donors (Lipinski definition) is 1. The largest absolute Gasteiger partial charge is 0.377 e. The Bertz CT molecular complexity index is 567. The number of ether oxygens (including phenoxy) is 1. The minimum absolute atomic E-state index is 0.636. The highest BCUT2D eigenvalue weighted by Gasteiger charge is 1.99. The molecule has 1 N–H and O–H groups in total. The van der Waals surface area contributed by atoms with Gasteiger partial charge in [0, 0.05) is 12.2 Å². The van der Waals surface area contributed by atoms with E-state index in [9.17, 15) is 0 Å². The SMILES string of the molecule is CCCCCOCc1ccccc1C=NNc1ccccc1. The molecule has 3 nitrogen and oxygen atoms in total. The first-order chi connectivity index (χ1) is 10.9. The van der Waals surface area contributed by atoms with E-state index in [-0.39, 0.29) is 0 Å². The van der Waals surface area contributed by atoms with E-state index in [2.05, 4.69) is 29.6 Å². The molecule has 116 valence electrons. The first kappa shape index (κ1) is 16.2. The third kappa shape index (κ3) is 5.70. The molecule has 0 amide bonds. The molecule has 2 aromatic carbocycles. The summed E-state index contributed by atoms with van der Waals surface area (Å²) in [5.74, 6) is 0. The van der Waals surface area contributed by atoms with Gasteiger partial charge >= 0.3 is 0 Å². The highest BCUT2D eigenvalue weighted by Crippen LogP contribution is 2.10. The van der Waals surface area contributed by atoms with Crippen molar-refractivity contribution < 1.29 is 4.74 Å². The second kappa shape index (κ2) is 9.74. The molecule has 22 heavy (non-hydrogen) atoms. The summed E-state index contributed by atoms with van der Waals surface area (Å²) in [6.07, 6.45) is 5.42. The van der Waals surface area contributed by atoms with Crippen LogP contribution in [0.15, 0.2) is 59.7 Å². The van der Waals surface area contributed by atoms with Crippen LogP contribution in [0.5, 0.6) is 0 Å². The summed E-state index contributed by atoms with van der Waals surface area (Å²) in [6.45, 7) is 3.66. The third-order valence-corrected chi connectivity index (χ3v) is 3.38. The van der Waals surface area contributed by atoms with E-state index < -0.39 is 0 Å². The van der Waals surface area contributed by atoms with Crippen LogP contribution in [-0.2, 0) is 11.3 Å². The van der Waals surface area contributed by atoms with E-state index in [0.717, 1.165) is 29.8 Å². The minimum Gasteiger partial charge on any atom is -0.377 e. The van der Waals surface area contributed by atoms with Gasteiger partial charge in [0.2, 0.25) is 0 Å². The fourth-order valence-corrected chi connectivity index (χ4v) is 2.12. The van der Waals surface area contributed by atoms with Crippen LogP contribution in [0.2, 0.25) is 0 Å². The van der Waals surface area contributed by atoms with Gasteiger partial charge in [-0.3, -0.25) is 5.43 Å². The van der Waals surface area contributed by atoms with Gasteiger partial charge in [0.15, 0.2) is 0 Å². The predicted octanol–water partition coefficient (Wildman–Crippen LogP) is 4.84. The van der Waals surface area contributed by atoms with Gasteiger partial charge in [0.25, 0.3) is 0 Å². The Morgan fingerprint density at radius 3 is 2.59 bits per heavy atom. The molecule has 0 saturated carbocycles. The van der Waals surface area contributed by atoms with Crippen LogP contribution in [0.3, 0.4) is 0 Å². The van der Waals surface area contributed by atoms with E-state index in [1.807, 2.05) is 48.7 Å². The number of hydrogen-bond acceptors (Lipinski definition) is 3. The Balaban J connectivity index is 1.87. The van der Waals surface area contributed by atoms with Crippen molar-refractivity contribution in [2.45, 2.75) is 32.8 Å². The van der Waals surface area contributed by atoms with E-state index >= 15 is 0 Å². The minimum atomic E-state index is 0.636. The average molecular weight is 296 g/mol. The van der Waals surface area contributed by atoms with E-state index in [4.69, 9.17) is 4.74 Å². The molecular weight excluding hydrogens is 272 g/mol. The summed E-state index contributed by atoms with van der Waals surface area (Å²) >= 11 is 0. The Hall–Kier alpha value is -2.13. The zero-order valence-electron chi connectivity index (χ0n) is 13.2. The van der Waals surface area contributed by atoms with Gasteiger partial charge in [-0.25, -0.2) is 0 Å². The van der Waals surface area contributed by atoms with Gasteiger partial charge in [0.05, 0.1) is 18.5 Å². The van der Waals surface area contributed by atoms with Crippen molar-refractivity contribution in [3.05, 3.63) is 65.7 Å². The maximum Gasteiger partial charge on any atom is 0.0723 e. The Morgan fingerprint density at radius 2 is 1.77 bits per heavy atom. The van der Waals surface area contributed by atoms with Crippen molar-refractivity contribution in [3.63, 3.8) is 0 Å². The van der Waals surface area contributed by atoms with Crippen LogP contribution in [0, 0.1) is 0 Å². The standard InChI is InChI=1S/C19H24N2O/c1-2-3-9-14-22-16-18-11-8-7-10-17(18)15-20-21-19-12-5-4-6-13-19/h4-8,10-13,15,21H,2-3,9,14,16H2,1H3. The molecule has 0 spiro atoms. The normalized spacial score (nSPS) is 11.0. The van der Waals surface area contributed by atoms with Crippen LogP contribution in [0.1, 0.15) is 37.3 Å². The smallest absolute Gasteiger partial charge is 0.0723 e. The van der Waals surface area contributed by atoms with Gasteiger partial charge in [0.1, 0.15) is 0 Å². The van der Waals surface area contributed by atoms with Gasteiger partial charge in [-0.05, 0) is 24.1 Å². The summed E-state index contributed by atoms with van der Waals surface area (Å²) in [5.41, 5.74) is 6.26. The molecule has 0 unspecified atom stereocenters. The van der Waals surface area contributed by atoms with Crippen LogP contribution in [0.25, 0.3) is 0 Å². The molecule has 0 saturated heterocycles. The van der Waals surface area contributed by atoms with E-state index in [1.54, 1.807) is 0 Å². The maximum atomic E-state index is 5.74. The van der Waals surface area contributed by atoms with E-state index in [0.29, 0.717) is 6.61 Å². The number of hydrazone groups is 1. The molecular formula is C19H24N2O. The fraction of sp³-hybridized carbons (Fsp3) is 0.316. The topological polar surface area (TPSA) is 33.6 Å². The monoisotopic (exact) mass is 296 g/mol. The fourth-order valence-electron chi connectivity index (χ4n) is 2.12. The molecule has 0 bridgehead atoms. The van der Waals surface area contributed by atoms with Crippen molar-refractivity contribution in [1.29, 1.82) is 0 Å². The lowest BCUT2D eigenvalue weighted by atomic mass is 10.1. The highest BCUT2D eigenvalue weighted by molar-refractivity contribution is 5.82. The van der Waals surface area contributed by atoms with Crippen molar-refractivity contribution in [1.82, 2.24) is 0 Å². The first-order valence-corrected chi connectivity index (χ1v) is 7.90. The van der Waals surface area contributed by atoms with Crippen molar-refractivity contribution >= 4 is 11.9 Å². The lowest BCUT2D eigenvalue weighted by molar-refractivity contribution is 0.117. The Kier molecular flexibility index (Phi) is 7.19. The van der Waals surface area contributed by atoms with Crippen molar-refractivity contribution in [2.24, 2.45) is 5.10 Å². The summed E-state index contributed by atoms with van der Waals surface area (Å²) in [5, 5.41) is 4.30. The number of nitrogens with zero attached hydrogens (tertiary/aromatic N) is 1. The maximum absolute atomic E-state index is 5.74. The van der Waals surface area contributed by atoms with Gasteiger partial charge in [-0.1, -0.05) is 62.2 Å². The lowest BCUT2D eigenvalue weighted by Crippen LogP contribution is -2.00. The lowest BCUT2D eigenvalue weighted by Gasteiger charge is -2.07. The number of anilines is 1. The molecule has 2 rings (SSSR count). The average Bonchev–Trinajstić information content (AvgIpc) is 2.57. The molecule has 0 atom stereocenters. The van der Waals surface area contributed by atoms with Gasteiger partial charge < -0.3 is 4.74 Å². The Morgan fingerprint density at radius 1 is 1.00 bits per heavy atom. The first-order valence-electron chi connectivity index (χ1n) is 7.90. The molecule has 0 aromatic heterocycles. The zero-order valence-corrected chi connectivity index (χ0v) is 13.2. The zero-order chi connectivity index (χ0) is 15.5.